The van der Waals surface area contributed by atoms with E-state index in [1.54, 1.807) is 18.2 Å². The molecule has 0 heterocycles. The molecule has 3 rings (SSSR count). The fraction of sp³-hybridized carbons (Fsp3) is 0.318. The van der Waals surface area contributed by atoms with E-state index in [-0.39, 0.29) is 5.70 Å². The van der Waals surface area contributed by atoms with E-state index in [0.29, 0.717) is 28.0 Å². The normalized spacial score (nSPS) is 15.4. The SMILES string of the molecule is COC(=O)/C(N)=C/c1ccc(Cl)cc1Oc1ccc(C2CCCCC2)cc1. The van der Waals surface area contributed by atoms with Crippen LogP contribution in [0.25, 0.3) is 6.08 Å². The maximum atomic E-state index is 11.6. The zero-order valence-electron chi connectivity index (χ0n) is 15.4. The molecule has 2 aromatic carbocycles. The molecule has 0 bridgehead atoms. The second-order valence-corrected chi connectivity index (χ2v) is 7.22. The minimum atomic E-state index is -0.590. The Morgan fingerprint density at radius 2 is 1.81 bits per heavy atom. The van der Waals surface area contributed by atoms with Gasteiger partial charge in [0.1, 0.15) is 17.2 Å². The van der Waals surface area contributed by atoms with E-state index in [0.717, 1.165) is 0 Å². The van der Waals surface area contributed by atoms with Gasteiger partial charge in [-0.25, -0.2) is 4.79 Å². The van der Waals surface area contributed by atoms with Gasteiger partial charge in [0.2, 0.25) is 0 Å². The van der Waals surface area contributed by atoms with Crippen LogP contribution in [0.4, 0.5) is 0 Å². The first-order valence-electron chi connectivity index (χ1n) is 9.19. The average molecular weight is 386 g/mol. The number of methoxy groups -OCH3 is 1. The predicted molar refractivity (Wildman–Crippen MR) is 108 cm³/mol. The Labute approximate surface area is 164 Å². The van der Waals surface area contributed by atoms with Crippen LogP contribution in [0.3, 0.4) is 0 Å². The molecule has 2 aromatic rings. The van der Waals surface area contributed by atoms with Gasteiger partial charge in [0.05, 0.1) is 7.11 Å². The summed E-state index contributed by atoms with van der Waals surface area (Å²) in [4.78, 5) is 11.6. The zero-order valence-corrected chi connectivity index (χ0v) is 16.2. The van der Waals surface area contributed by atoms with Crippen LogP contribution in [0.1, 0.15) is 49.1 Å². The standard InChI is InChI=1S/C22H24ClNO3/c1-26-22(25)20(24)13-17-7-10-18(23)14-21(17)27-19-11-8-16(9-12-19)15-5-3-2-4-6-15/h7-15H,2-6,24H2,1H3/b20-13-. The number of benzene rings is 2. The highest BCUT2D eigenvalue weighted by Crippen LogP contribution is 2.35. The lowest BCUT2D eigenvalue weighted by molar-refractivity contribution is -0.136. The Hall–Kier alpha value is -2.46. The van der Waals surface area contributed by atoms with E-state index in [9.17, 15) is 4.79 Å². The van der Waals surface area contributed by atoms with Gasteiger partial charge in [-0.1, -0.05) is 43.0 Å². The summed E-state index contributed by atoms with van der Waals surface area (Å²) >= 11 is 6.11. The van der Waals surface area contributed by atoms with Crippen LogP contribution >= 0.6 is 11.6 Å². The number of ether oxygens (including phenoxy) is 2. The van der Waals surface area contributed by atoms with Gasteiger partial charge in [0, 0.05) is 16.7 Å². The topological polar surface area (TPSA) is 61.5 Å². The Morgan fingerprint density at radius 3 is 2.48 bits per heavy atom. The minimum Gasteiger partial charge on any atom is -0.464 e. The lowest BCUT2D eigenvalue weighted by Gasteiger charge is -2.22. The Balaban J connectivity index is 1.80. The van der Waals surface area contributed by atoms with Crippen molar-refractivity contribution < 1.29 is 14.3 Å². The van der Waals surface area contributed by atoms with Crippen LogP contribution in [-0.4, -0.2) is 13.1 Å². The molecule has 5 heteroatoms. The smallest absolute Gasteiger partial charge is 0.353 e. The van der Waals surface area contributed by atoms with Crippen LogP contribution < -0.4 is 10.5 Å². The molecule has 0 aromatic heterocycles. The highest BCUT2D eigenvalue weighted by Gasteiger charge is 2.15. The van der Waals surface area contributed by atoms with Crippen molar-refractivity contribution in [1.82, 2.24) is 0 Å². The molecular weight excluding hydrogens is 362 g/mol. The van der Waals surface area contributed by atoms with E-state index in [1.165, 1.54) is 50.9 Å². The summed E-state index contributed by atoms with van der Waals surface area (Å²) in [6.07, 6.45) is 8.00. The Kier molecular flexibility index (Phi) is 6.40. The molecule has 1 aliphatic rings. The van der Waals surface area contributed by atoms with Crippen molar-refractivity contribution in [2.45, 2.75) is 38.0 Å². The van der Waals surface area contributed by atoms with Crippen molar-refractivity contribution in [1.29, 1.82) is 0 Å². The molecule has 0 aliphatic heterocycles. The highest BCUT2D eigenvalue weighted by atomic mass is 35.5. The number of hydrogen-bond acceptors (Lipinski definition) is 4. The van der Waals surface area contributed by atoms with Gasteiger partial charge >= 0.3 is 5.97 Å². The molecular formula is C22H24ClNO3. The maximum Gasteiger partial charge on any atom is 0.353 e. The zero-order chi connectivity index (χ0) is 19.2. The summed E-state index contributed by atoms with van der Waals surface area (Å²) in [7, 11) is 1.29. The van der Waals surface area contributed by atoms with Crippen LogP contribution in [0.2, 0.25) is 5.02 Å². The quantitative estimate of drug-likeness (QED) is 0.533. The number of nitrogens with two attached hydrogens (primary N) is 1. The number of hydrogen-bond donors (Lipinski definition) is 1. The van der Waals surface area contributed by atoms with Gasteiger partial charge < -0.3 is 15.2 Å². The van der Waals surface area contributed by atoms with E-state index in [4.69, 9.17) is 22.1 Å². The third-order valence-corrected chi connectivity index (χ3v) is 5.13. The first-order valence-corrected chi connectivity index (χ1v) is 9.57. The number of esters is 1. The summed E-state index contributed by atoms with van der Waals surface area (Å²) < 4.78 is 10.6. The van der Waals surface area contributed by atoms with Crippen molar-refractivity contribution in [3.05, 3.63) is 64.3 Å². The molecule has 1 aliphatic carbocycles. The summed E-state index contributed by atoms with van der Waals surface area (Å²) in [6, 6.07) is 13.4. The van der Waals surface area contributed by atoms with Gasteiger partial charge in [0.25, 0.3) is 0 Å². The third kappa shape index (κ3) is 5.04. The fourth-order valence-electron chi connectivity index (χ4n) is 3.43. The predicted octanol–water partition coefficient (Wildman–Crippen LogP) is 5.65. The second-order valence-electron chi connectivity index (χ2n) is 6.78. The van der Waals surface area contributed by atoms with Crippen molar-refractivity contribution in [2.75, 3.05) is 7.11 Å². The summed E-state index contributed by atoms with van der Waals surface area (Å²) in [5.74, 6) is 1.30. The molecule has 1 fully saturated rings. The molecule has 0 radical (unpaired) electrons. The Bertz CT molecular complexity index is 824. The van der Waals surface area contributed by atoms with Crippen LogP contribution in [0.5, 0.6) is 11.5 Å². The second kappa shape index (κ2) is 8.96. The maximum absolute atomic E-state index is 11.6. The van der Waals surface area contributed by atoms with E-state index in [1.807, 2.05) is 12.1 Å². The van der Waals surface area contributed by atoms with Gasteiger partial charge in [-0.05, 0) is 54.7 Å². The van der Waals surface area contributed by atoms with Crippen molar-refractivity contribution in [3.8, 4) is 11.5 Å². The van der Waals surface area contributed by atoms with Gasteiger partial charge in [-0.3, -0.25) is 0 Å². The molecule has 142 valence electrons. The first kappa shape index (κ1) is 19.3. The number of carbonyl (C=O) groups excluding carboxylic acids is 1. The van der Waals surface area contributed by atoms with Crippen molar-refractivity contribution >= 4 is 23.6 Å². The molecule has 0 unspecified atom stereocenters. The van der Waals surface area contributed by atoms with Crippen LogP contribution in [-0.2, 0) is 9.53 Å². The van der Waals surface area contributed by atoms with E-state index < -0.39 is 5.97 Å². The lowest BCUT2D eigenvalue weighted by Crippen LogP contribution is -2.12. The van der Waals surface area contributed by atoms with Crippen molar-refractivity contribution in [3.63, 3.8) is 0 Å². The molecule has 4 nitrogen and oxygen atoms in total. The third-order valence-electron chi connectivity index (χ3n) is 4.89. The van der Waals surface area contributed by atoms with Crippen LogP contribution in [0.15, 0.2) is 48.2 Å². The van der Waals surface area contributed by atoms with Crippen molar-refractivity contribution in [2.24, 2.45) is 5.73 Å². The molecule has 0 spiro atoms. The summed E-state index contributed by atoms with van der Waals surface area (Å²) in [5, 5.41) is 0.539. The highest BCUT2D eigenvalue weighted by molar-refractivity contribution is 6.30. The molecule has 0 amide bonds. The van der Waals surface area contributed by atoms with E-state index in [2.05, 4.69) is 16.9 Å². The number of carbonyl (C=O) groups is 1. The average Bonchev–Trinajstić information content (AvgIpc) is 2.70. The molecule has 0 saturated heterocycles. The summed E-state index contributed by atoms with van der Waals surface area (Å²) in [5.41, 5.74) is 7.77. The summed E-state index contributed by atoms with van der Waals surface area (Å²) in [6.45, 7) is 0. The monoisotopic (exact) mass is 385 g/mol. The number of rotatable bonds is 5. The Morgan fingerprint density at radius 1 is 1.11 bits per heavy atom. The largest absolute Gasteiger partial charge is 0.464 e. The molecule has 2 N–H and O–H groups in total. The van der Waals surface area contributed by atoms with Gasteiger partial charge in [-0.2, -0.15) is 0 Å². The van der Waals surface area contributed by atoms with Gasteiger partial charge in [0.15, 0.2) is 0 Å². The fourth-order valence-corrected chi connectivity index (χ4v) is 3.59. The van der Waals surface area contributed by atoms with E-state index >= 15 is 0 Å². The molecule has 0 atom stereocenters. The van der Waals surface area contributed by atoms with Gasteiger partial charge in [-0.15, -0.1) is 0 Å². The number of halogens is 1. The molecule has 27 heavy (non-hydrogen) atoms. The molecule has 1 saturated carbocycles. The van der Waals surface area contributed by atoms with Crippen LogP contribution in [0, 0.1) is 0 Å². The lowest BCUT2D eigenvalue weighted by atomic mass is 9.84. The first-order chi connectivity index (χ1) is 13.1. The minimum absolute atomic E-state index is 0.00248.